The van der Waals surface area contributed by atoms with E-state index in [0.717, 1.165) is 9.13 Å². The Hall–Kier alpha value is -4.03. The molecule has 4 aromatic rings. The molecule has 0 unspecified atom stereocenters. The molecule has 2 aromatic carbocycles. The number of nitrogens with one attached hydrogen (secondary N) is 1. The molecule has 0 saturated heterocycles. The van der Waals surface area contributed by atoms with Crippen LogP contribution < -0.4 is 27.3 Å². The second-order valence-corrected chi connectivity index (χ2v) is 10.8. The highest BCUT2D eigenvalue weighted by Gasteiger charge is 2.31. The quantitative estimate of drug-likeness (QED) is 0.410. The minimum Gasteiger partial charge on any atom is -0.338 e. The van der Waals surface area contributed by atoms with E-state index >= 15 is 0 Å². The van der Waals surface area contributed by atoms with Crippen LogP contribution in [0.5, 0.6) is 0 Å². The van der Waals surface area contributed by atoms with Gasteiger partial charge in [0.1, 0.15) is 17.0 Å². The standard InChI is InChI=1S/C25H24FN5O5S/c1-13-7-10-19(18(26)11-13)28-22-20-21(14(2)23(32)29(22)3)30(25(34)31(24(20)33)15-8-9-15)16-5-4-6-17(12-16)37(27,35)36/h4-7,10-12,15,28H,8-9H2,1-3H3,(H2,27,35,36). The maximum Gasteiger partial charge on any atom is 0.336 e. The summed E-state index contributed by atoms with van der Waals surface area (Å²) in [5, 5.41) is 8.18. The second kappa shape index (κ2) is 8.53. The van der Waals surface area contributed by atoms with Gasteiger partial charge in [0, 0.05) is 18.7 Å². The average Bonchev–Trinajstić information content (AvgIpc) is 3.66. The minimum atomic E-state index is -4.11. The number of nitrogens with two attached hydrogens (primary N) is 1. The van der Waals surface area contributed by atoms with Crippen molar-refractivity contribution >= 4 is 32.4 Å². The van der Waals surface area contributed by atoms with Crippen molar-refractivity contribution in [2.45, 2.75) is 37.6 Å². The molecule has 0 amide bonds. The molecule has 5 rings (SSSR count). The van der Waals surface area contributed by atoms with Gasteiger partial charge >= 0.3 is 5.69 Å². The van der Waals surface area contributed by atoms with Crippen LogP contribution in [0.2, 0.25) is 0 Å². The zero-order valence-electron chi connectivity index (χ0n) is 20.3. The summed E-state index contributed by atoms with van der Waals surface area (Å²) in [5.74, 6) is -0.582. The van der Waals surface area contributed by atoms with Crippen molar-refractivity contribution in [3.8, 4) is 5.69 Å². The van der Waals surface area contributed by atoms with Crippen molar-refractivity contribution in [3.63, 3.8) is 0 Å². The molecule has 1 saturated carbocycles. The summed E-state index contributed by atoms with van der Waals surface area (Å²) in [7, 11) is -2.66. The molecule has 1 aliphatic carbocycles. The van der Waals surface area contributed by atoms with E-state index in [0.29, 0.717) is 18.4 Å². The first kappa shape index (κ1) is 24.7. The van der Waals surface area contributed by atoms with Crippen LogP contribution in [0.1, 0.15) is 30.0 Å². The molecule has 0 aliphatic heterocycles. The lowest BCUT2D eigenvalue weighted by atomic mass is 10.1. The maximum atomic E-state index is 14.8. The lowest BCUT2D eigenvalue weighted by Crippen LogP contribution is -2.41. The number of pyridine rings is 1. The van der Waals surface area contributed by atoms with Crippen molar-refractivity contribution in [2.24, 2.45) is 12.2 Å². The van der Waals surface area contributed by atoms with Crippen LogP contribution in [0.3, 0.4) is 0 Å². The summed E-state index contributed by atoms with van der Waals surface area (Å²) >= 11 is 0. The van der Waals surface area contributed by atoms with Crippen LogP contribution in [-0.2, 0) is 17.1 Å². The van der Waals surface area contributed by atoms with Gasteiger partial charge in [0.05, 0.1) is 21.8 Å². The van der Waals surface area contributed by atoms with Gasteiger partial charge in [-0.1, -0.05) is 12.1 Å². The average molecular weight is 526 g/mol. The summed E-state index contributed by atoms with van der Waals surface area (Å²) < 4.78 is 42.3. The fourth-order valence-corrected chi connectivity index (χ4v) is 5.06. The Morgan fingerprint density at radius 2 is 1.73 bits per heavy atom. The topological polar surface area (TPSA) is 138 Å². The molecule has 1 fully saturated rings. The number of halogens is 1. The molecule has 37 heavy (non-hydrogen) atoms. The highest BCUT2D eigenvalue weighted by Crippen LogP contribution is 2.34. The van der Waals surface area contributed by atoms with E-state index in [1.807, 2.05) is 0 Å². The number of sulfonamides is 1. The number of rotatable bonds is 5. The molecular weight excluding hydrogens is 501 g/mol. The lowest BCUT2D eigenvalue weighted by molar-refractivity contribution is 0.597. The highest BCUT2D eigenvalue weighted by molar-refractivity contribution is 7.89. The number of hydrogen-bond donors (Lipinski definition) is 2. The van der Waals surface area contributed by atoms with Gasteiger partial charge in [0.2, 0.25) is 10.0 Å². The fraction of sp³-hybridized carbons (Fsp3) is 0.240. The smallest absolute Gasteiger partial charge is 0.336 e. The molecular formula is C25H24FN5O5S. The SMILES string of the molecule is Cc1ccc(Nc2c3c(=O)n(C4CC4)c(=O)n(-c4cccc(S(N)(=O)=O)c4)c3c(C)c(=O)n2C)c(F)c1. The third kappa shape index (κ3) is 4.07. The molecule has 1 aliphatic rings. The van der Waals surface area contributed by atoms with E-state index in [1.54, 1.807) is 13.0 Å². The highest BCUT2D eigenvalue weighted by atomic mass is 32.2. The van der Waals surface area contributed by atoms with Crippen LogP contribution in [0.25, 0.3) is 16.6 Å². The first-order chi connectivity index (χ1) is 17.4. The zero-order chi connectivity index (χ0) is 26.8. The van der Waals surface area contributed by atoms with Gasteiger partial charge in [-0.15, -0.1) is 0 Å². The number of fused-ring (bicyclic) bond motifs is 1. The van der Waals surface area contributed by atoms with Gasteiger partial charge in [-0.2, -0.15) is 0 Å². The van der Waals surface area contributed by atoms with Gasteiger partial charge in [-0.05, 0) is 62.6 Å². The molecule has 12 heteroatoms. The summed E-state index contributed by atoms with van der Waals surface area (Å²) in [5.41, 5.74) is -0.948. The molecule has 2 heterocycles. The number of primary sulfonamides is 1. The Morgan fingerprint density at radius 1 is 1.03 bits per heavy atom. The van der Waals surface area contributed by atoms with E-state index in [-0.39, 0.29) is 44.6 Å². The molecule has 192 valence electrons. The fourth-order valence-electron chi connectivity index (χ4n) is 4.50. The predicted molar refractivity (Wildman–Crippen MR) is 138 cm³/mol. The van der Waals surface area contributed by atoms with Crippen molar-refractivity contribution in [1.82, 2.24) is 13.7 Å². The van der Waals surface area contributed by atoms with Gasteiger partial charge < -0.3 is 5.32 Å². The minimum absolute atomic E-state index is 0.00316. The zero-order valence-corrected chi connectivity index (χ0v) is 21.1. The predicted octanol–water partition coefficient (Wildman–Crippen LogP) is 2.33. The summed E-state index contributed by atoms with van der Waals surface area (Å²) in [6.07, 6.45) is 1.22. The van der Waals surface area contributed by atoms with Crippen molar-refractivity contribution in [1.29, 1.82) is 0 Å². The summed E-state index contributed by atoms with van der Waals surface area (Å²) in [6, 6.07) is 9.52. The molecule has 0 radical (unpaired) electrons. The third-order valence-corrected chi connectivity index (χ3v) is 7.45. The second-order valence-electron chi connectivity index (χ2n) is 9.24. The van der Waals surface area contributed by atoms with Gasteiger partial charge in [-0.25, -0.2) is 22.7 Å². The van der Waals surface area contributed by atoms with E-state index in [4.69, 9.17) is 5.14 Å². The molecule has 3 N–H and O–H groups in total. The molecule has 0 atom stereocenters. The van der Waals surface area contributed by atoms with Crippen LogP contribution in [-0.4, -0.2) is 22.1 Å². The summed E-state index contributed by atoms with van der Waals surface area (Å²) in [4.78, 5) is 40.5. The largest absolute Gasteiger partial charge is 0.338 e. The first-order valence-corrected chi connectivity index (χ1v) is 13.0. The Balaban J connectivity index is 1.95. The van der Waals surface area contributed by atoms with E-state index in [9.17, 15) is 27.2 Å². The van der Waals surface area contributed by atoms with Gasteiger partial charge in [0.15, 0.2) is 0 Å². The summed E-state index contributed by atoms with van der Waals surface area (Å²) in [6.45, 7) is 3.20. The van der Waals surface area contributed by atoms with E-state index < -0.39 is 32.6 Å². The van der Waals surface area contributed by atoms with Crippen molar-refractivity contribution in [2.75, 3.05) is 5.32 Å². The number of nitrogens with zero attached hydrogens (tertiary/aromatic N) is 3. The van der Waals surface area contributed by atoms with Crippen LogP contribution in [0, 0.1) is 19.7 Å². The number of hydrogen-bond acceptors (Lipinski definition) is 6. The maximum absolute atomic E-state index is 14.8. The Kier molecular flexibility index (Phi) is 5.68. The van der Waals surface area contributed by atoms with Crippen LogP contribution in [0.15, 0.2) is 61.7 Å². The Morgan fingerprint density at radius 3 is 2.35 bits per heavy atom. The van der Waals surface area contributed by atoms with Crippen molar-refractivity contribution in [3.05, 3.63) is 90.6 Å². The molecule has 10 nitrogen and oxygen atoms in total. The monoisotopic (exact) mass is 525 g/mol. The van der Waals surface area contributed by atoms with Gasteiger partial charge in [0.25, 0.3) is 11.1 Å². The van der Waals surface area contributed by atoms with E-state index in [2.05, 4.69) is 5.32 Å². The number of aromatic nitrogens is 3. The molecule has 2 aromatic heterocycles. The van der Waals surface area contributed by atoms with Gasteiger partial charge in [-0.3, -0.25) is 23.3 Å². The number of aryl methyl sites for hydroxylation is 2. The first-order valence-electron chi connectivity index (χ1n) is 11.5. The Bertz CT molecular complexity index is 1900. The third-order valence-electron chi connectivity index (χ3n) is 6.54. The van der Waals surface area contributed by atoms with Crippen molar-refractivity contribution < 1.29 is 12.8 Å². The van der Waals surface area contributed by atoms with Crippen LogP contribution >= 0.6 is 0 Å². The number of anilines is 2. The van der Waals surface area contributed by atoms with Crippen LogP contribution in [0.4, 0.5) is 15.9 Å². The number of benzene rings is 2. The normalized spacial score (nSPS) is 13.8. The molecule has 0 spiro atoms. The van der Waals surface area contributed by atoms with E-state index in [1.165, 1.54) is 54.9 Å². The Labute approximate surface area is 210 Å². The lowest BCUT2D eigenvalue weighted by Gasteiger charge is -2.21. The molecule has 0 bridgehead atoms.